The summed E-state index contributed by atoms with van der Waals surface area (Å²) in [6, 6.07) is 5.94. The molecule has 2 aromatic heterocycles. The van der Waals surface area contributed by atoms with Crippen molar-refractivity contribution >= 4 is 22.9 Å². The maximum atomic E-state index is 6.02. The van der Waals surface area contributed by atoms with Crippen LogP contribution in [0.15, 0.2) is 24.4 Å². The standard InChI is InChI=1S/C11H14ClN3S/c1-7-5-6-15(14-7)11(8(2)13)9-3-4-10(12)16-9/h3-6,8,11H,13H2,1-2H3. The second kappa shape index (κ2) is 4.57. The van der Waals surface area contributed by atoms with Crippen LogP contribution in [0, 0.1) is 6.92 Å². The number of hydrogen-bond acceptors (Lipinski definition) is 3. The molecule has 0 saturated heterocycles. The molecule has 0 spiro atoms. The minimum atomic E-state index is -0.00554. The molecule has 0 aliphatic carbocycles. The third-order valence-electron chi connectivity index (χ3n) is 2.41. The number of halogens is 1. The van der Waals surface area contributed by atoms with Gasteiger partial charge in [0.25, 0.3) is 0 Å². The predicted molar refractivity (Wildman–Crippen MR) is 68.1 cm³/mol. The van der Waals surface area contributed by atoms with Gasteiger partial charge in [0, 0.05) is 17.1 Å². The van der Waals surface area contributed by atoms with Gasteiger partial charge >= 0.3 is 0 Å². The average molecular weight is 256 g/mol. The van der Waals surface area contributed by atoms with Gasteiger partial charge in [0.2, 0.25) is 0 Å². The van der Waals surface area contributed by atoms with Crippen molar-refractivity contribution in [2.45, 2.75) is 25.9 Å². The largest absolute Gasteiger partial charge is 0.326 e. The molecule has 0 aromatic carbocycles. The van der Waals surface area contributed by atoms with Gasteiger partial charge in [0.05, 0.1) is 10.0 Å². The number of hydrogen-bond donors (Lipinski definition) is 1. The molecule has 5 heteroatoms. The first-order valence-corrected chi connectivity index (χ1v) is 6.30. The van der Waals surface area contributed by atoms with E-state index in [1.54, 1.807) is 11.3 Å². The molecule has 2 rings (SSSR count). The van der Waals surface area contributed by atoms with Gasteiger partial charge in [-0.15, -0.1) is 11.3 Å². The topological polar surface area (TPSA) is 43.8 Å². The van der Waals surface area contributed by atoms with E-state index in [4.69, 9.17) is 17.3 Å². The van der Waals surface area contributed by atoms with E-state index in [0.29, 0.717) is 0 Å². The Morgan fingerprint density at radius 2 is 2.19 bits per heavy atom. The number of thiophene rings is 1. The predicted octanol–water partition coefficient (Wildman–Crippen LogP) is 2.84. The summed E-state index contributed by atoms with van der Waals surface area (Å²) < 4.78 is 2.69. The fourth-order valence-electron chi connectivity index (χ4n) is 1.71. The first kappa shape index (κ1) is 11.6. The van der Waals surface area contributed by atoms with Crippen molar-refractivity contribution in [1.29, 1.82) is 0 Å². The van der Waals surface area contributed by atoms with E-state index in [1.807, 2.05) is 42.9 Å². The zero-order chi connectivity index (χ0) is 11.7. The fraction of sp³-hybridized carbons (Fsp3) is 0.364. The summed E-state index contributed by atoms with van der Waals surface area (Å²) in [5.74, 6) is 0. The van der Waals surface area contributed by atoms with Gasteiger partial charge in [-0.25, -0.2) is 0 Å². The Balaban J connectivity index is 2.38. The molecular formula is C11H14ClN3S. The number of nitrogens with two attached hydrogens (primary N) is 1. The Morgan fingerprint density at radius 3 is 2.62 bits per heavy atom. The lowest BCUT2D eigenvalue weighted by atomic mass is 10.1. The highest BCUT2D eigenvalue weighted by molar-refractivity contribution is 7.16. The van der Waals surface area contributed by atoms with Crippen LogP contribution in [-0.4, -0.2) is 15.8 Å². The summed E-state index contributed by atoms with van der Waals surface area (Å²) in [5.41, 5.74) is 7.02. The van der Waals surface area contributed by atoms with E-state index < -0.39 is 0 Å². The molecular weight excluding hydrogens is 242 g/mol. The highest BCUT2D eigenvalue weighted by Crippen LogP contribution is 2.30. The molecule has 86 valence electrons. The maximum absolute atomic E-state index is 6.02. The van der Waals surface area contributed by atoms with Crippen molar-refractivity contribution in [2.75, 3.05) is 0 Å². The SMILES string of the molecule is Cc1ccn(C(c2ccc(Cl)s2)C(C)N)n1. The first-order chi connectivity index (χ1) is 7.58. The molecule has 0 aliphatic heterocycles. The van der Waals surface area contributed by atoms with Gasteiger partial charge in [-0.3, -0.25) is 4.68 Å². The van der Waals surface area contributed by atoms with Gasteiger partial charge in [-0.2, -0.15) is 5.10 Å². The minimum absolute atomic E-state index is 0.00554. The molecule has 0 amide bonds. The molecule has 16 heavy (non-hydrogen) atoms. The van der Waals surface area contributed by atoms with E-state index in [1.165, 1.54) is 0 Å². The Morgan fingerprint density at radius 1 is 1.44 bits per heavy atom. The zero-order valence-electron chi connectivity index (χ0n) is 9.22. The summed E-state index contributed by atoms with van der Waals surface area (Å²) in [5, 5.41) is 4.42. The van der Waals surface area contributed by atoms with Crippen LogP contribution in [-0.2, 0) is 0 Å². The Bertz CT molecular complexity index is 435. The van der Waals surface area contributed by atoms with Crippen molar-refractivity contribution in [3.63, 3.8) is 0 Å². The van der Waals surface area contributed by atoms with Crippen molar-refractivity contribution in [1.82, 2.24) is 9.78 Å². The van der Waals surface area contributed by atoms with E-state index in [9.17, 15) is 0 Å². The van der Waals surface area contributed by atoms with Crippen LogP contribution >= 0.6 is 22.9 Å². The Hall–Kier alpha value is -0.840. The molecule has 0 bridgehead atoms. The summed E-state index contributed by atoms with van der Waals surface area (Å²) in [7, 11) is 0. The van der Waals surface area contributed by atoms with E-state index >= 15 is 0 Å². The lowest BCUT2D eigenvalue weighted by Crippen LogP contribution is -2.30. The van der Waals surface area contributed by atoms with Crippen molar-refractivity contribution < 1.29 is 0 Å². The molecule has 2 atom stereocenters. The fourth-order valence-corrected chi connectivity index (χ4v) is 2.98. The van der Waals surface area contributed by atoms with Gasteiger partial charge in [0.15, 0.2) is 0 Å². The second-order valence-corrected chi connectivity index (χ2v) is 5.63. The molecule has 0 saturated carbocycles. The zero-order valence-corrected chi connectivity index (χ0v) is 10.8. The van der Waals surface area contributed by atoms with E-state index in [-0.39, 0.29) is 12.1 Å². The maximum Gasteiger partial charge on any atom is 0.101 e. The monoisotopic (exact) mass is 255 g/mol. The van der Waals surface area contributed by atoms with Gasteiger partial charge in [-0.1, -0.05) is 11.6 Å². The number of nitrogens with zero attached hydrogens (tertiary/aromatic N) is 2. The number of rotatable bonds is 3. The van der Waals surface area contributed by atoms with Crippen LogP contribution in [0.3, 0.4) is 0 Å². The quantitative estimate of drug-likeness (QED) is 0.917. The summed E-state index contributed by atoms with van der Waals surface area (Å²) in [4.78, 5) is 1.14. The van der Waals surface area contributed by atoms with Crippen LogP contribution in [0.1, 0.15) is 23.5 Å². The highest BCUT2D eigenvalue weighted by Gasteiger charge is 2.20. The molecule has 2 heterocycles. The molecule has 2 N–H and O–H groups in total. The third-order valence-corrected chi connectivity index (χ3v) is 3.71. The van der Waals surface area contributed by atoms with Crippen molar-refractivity contribution in [3.8, 4) is 0 Å². The third kappa shape index (κ3) is 2.29. The molecule has 2 unspecified atom stereocenters. The van der Waals surface area contributed by atoms with Crippen LogP contribution in [0.2, 0.25) is 4.34 Å². The van der Waals surface area contributed by atoms with E-state index in [2.05, 4.69) is 5.10 Å². The average Bonchev–Trinajstić information content (AvgIpc) is 2.76. The van der Waals surface area contributed by atoms with Crippen molar-refractivity contribution in [3.05, 3.63) is 39.3 Å². The smallest absolute Gasteiger partial charge is 0.101 e. The van der Waals surface area contributed by atoms with Crippen LogP contribution in [0.4, 0.5) is 0 Å². The minimum Gasteiger partial charge on any atom is -0.326 e. The summed E-state index contributed by atoms with van der Waals surface area (Å²) >= 11 is 7.50. The molecule has 0 fully saturated rings. The first-order valence-electron chi connectivity index (χ1n) is 5.10. The molecule has 2 aromatic rings. The summed E-state index contributed by atoms with van der Waals surface area (Å²) in [6.45, 7) is 3.95. The molecule has 0 radical (unpaired) electrons. The molecule has 3 nitrogen and oxygen atoms in total. The highest BCUT2D eigenvalue weighted by atomic mass is 35.5. The van der Waals surface area contributed by atoms with E-state index in [0.717, 1.165) is 14.9 Å². The second-order valence-electron chi connectivity index (χ2n) is 3.88. The Kier molecular flexibility index (Phi) is 3.33. The molecule has 0 aliphatic rings. The summed E-state index contributed by atoms with van der Waals surface area (Å²) in [6.07, 6.45) is 1.96. The van der Waals surface area contributed by atoms with Crippen molar-refractivity contribution in [2.24, 2.45) is 5.73 Å². The van der Waals surface area contributed by atoms with Gasteiger partial charge < -0.3 is 5.73 Å². The Labute approximate surface area is 104 Å². The van der Waals surface area contributed by atoms with Crippen LogP contribution in [0.5, 0.6) is 0 Å². The van der Waals surface area contributed by atoms with Gasteiger partial charge in [0.1, 0.15) is 6.04 Å². The number of aromatic nitrogens is 2. The lowest BCUT2D eigenvalue weighted by Gasteiger charge is -2.19. The van der Waals surface area contributed by atoms with Crippen LogP contribution in [0.25, 0.3) is 0 Å². The van der Waals surface area contributed by atoms with Crippen LogP contribution < -0.4 is 5.73 Å². The lowest BCUT2D eigenvalue weighted by molar-refractivity contribution is 0.458. The van der Waals surface area contributed by atoms with Gasteiger partial charge in [-0.05, 0) is 32.0 Å². The number of aryl methyl sites for hydroxylation is 1. The normalized spacial score (nSPS) is 15.0.